The van der Waals surface area contributed by atoms with Gasteiger partial charge in [-0.25, -0.2) is 0 Å². The summed E-state index contributed by atoms with van der Waals surface area (Å²) in [6.45, 7) is 8.47. The SMILES string of the molecule is O=C(NCCCN1CCN(CCCNc2ccnc3cc(Cl)ccc23)CC1)C1CC1. The summed E-state index contributed by atoms with van der Waals surface area (Å²) < 4.78 is 0. The van der Waals surface area contributed by atoms with E-state index >= 15 is 0 Å². The Labute approximate surface area is 184 Å². The molecule has 2 aromatic rings. The highest BCUT2D eigenvalue weighted by Gasteiger charge is 2.29. The van der Waals surface area contributed by atoms with Crippen LogP contribution in [-0.2, 0) is 4.79 Å². The van der Waals surface area contributed by atoms with Crippen LogP contribution in [0.25, 0.3) is 10.9 Å². The number of piperazine rings is 1. The first kappa shape index (κ1) is 21.3. The fourth-order valence-electron chi connectivity index (χ4n) is 4.04. The summed E-state index contributed by atoms with van der Waals surface area (Å²) in [5.41, 5.74) is 2.05. The van der Waals surface area contributed by atoms with Crippen LogP contribution in [0.1, 0.15) is 25.7 Å². The number of rotatable bonds is 10. The second kappa shape index (κ2) is 10.4. The second-order valence-electron chi connectivity index (χ2n) is 8.40. The van der Waals surface area contributed by atoms with Gasteiger partial charge in [-0.05, 0) is 63.0 Å². The quantitative estimate of drug-likeness (QED) is 0.568. The van der Waals surface area contributed by atoms with Crippen LogP contribution in [-0.4, -0.2) is 73.0 Å². The van der Waals surface area contributed by atoms with Crippen molar-refractivity contribution in [3.8, 4) is 0 Å². The Morgan fingerprint density at radius 1 is 1.03 bits per heavy atom. The number of carbonyl (C=O) groups is 1. The van der Waals surface area contributed by atoms with Gasteiger partial charge in [0, 0.05) is 67.5 Å². The predicted octanol–water partition coefficient (Wildman–Crippen LogP) is 3.22. The van der Waals surface area contributed by atoms with E-state index in [1.165, 1.54) is 0 Å². The Morgan fingerprint density at radius 3 is 2.43 bits per heavy atom. The number of aromatic nitrogens is 1. The minimum atomic E-state index is 0.261. The molecule has 2 fully saturated rings. The van der Waals surface area contributed by atoms with Gasteiger partial charge in [0.1, 0.15) is 0 Å². The van der Waals surface area contributed by atoms with Crippen LogP contribution in [0.3, 0.4) is 0 Å². The summed E-state index contributed by atoms with van der Waals surface area (Å²) >= 11 is 6.07. The molecule has 162 valence electrons. The van der Waals surface area contributed by atoms with Crippen LogP contribution < -0.4 is 10.6 Å². The smallest absolute Gasteiger partial charge is 0.223 e. The highest BCUT2D eigenvalue weighted by molar-refractivity contribution is 6.31. The summed E-state index contributed by atoms with van der Waals surface area (Å²) in [7, 11) is 0. The van der Waals surface area contributed by atoms with E-state index in [1.54, 1.807) is 0 Å². The van der Waals surface area contributed by atoms with E-state index in [4.69, 9.17) is 11.6 Å². The summed E-state index contributed by atoms with van der Waals surface area (Å²) in [5.74, 6) is 0.579. The van der Waals surface area contributed by atoms with Gasteiger partial charge in [0.2, 0.25) is 5.91 Å². The van der Waals surface area contributed by atoms with Crippen molar-refractivity contribution in [3.63, 3.8) is 0 Å². The molecule has 0 unspecified atom stereocenters. The number of fused-ring (bicyclic) bond motifs is 1. The molecule has 1 aromatic carbocycles. The lowest BCUT2D eigenvalue weighted by atomic mass is 10.2. The lowest BCUT2D eigenvalue weighted by molar-refractivity contribution is -0.122. The molecule has 4 rings (SSSR count). The average molecular weight is 430 g/mol. The standard InChI is InChI=1S/C23H32ClN5O/c24-19-5-6-20-21(7-10-26-22(20)17-19)25-8-1-11-28-13-15-29(16-14-28)12-2-9-27-23(30)18-3-4-18/h5-7,10,17-18H,1-4,8-9,11-16H2,(H,25,26)(H,27,30). The van der Waals surface area contributed by atoms with Crippen LogP contribution in [0, 0.1) is 5.92 Å². The number of amides is 1. The number of nitrogens with zero attached hydrogens (tertiary/aromatic N) is 3. The van der Waals surface area contributed by atoms with Crippen molar-refractivity contribution in [2.24, 2.45) is 5.92 Å². The van der Waals surface area contributed by atoms with E-state index in [0.717, 1.165) is 94.6 Å². The summed E-state index contributed by atoms with van der Waals surface area (Å²) in [5, 5.41) is 8.45. The van der Waals surface area contributed by atoms with Gasteiger partial charge in [-0.1, -0.05) is 11.6 Å². The first-order chi connectivity index (χ1) is 14.7. The summed E-state index contributed by atoms with van der Waals surface area (Å²) in [6, 6.07) is 7.88. The Kier molecular flexibility index (Phi) is 7.42. The molecule has 7 heteroatoms. The maximum Gasteiger partial charge on any atom is 0.223 e. The molecule has 2 N–H and O–H groups in total. The highest BCUT2D eigenvalue weighted by Crippen LogP contribution is 2.28. The predicted molar refractivity (Wildman–Crippen MR) is 123 cm³/mol. The zero-order chi connectivity index (χ0) is 20.8. The number of pyridine rings is 1. The van der Waals surface area contributed by atoms with E-state index in [0.29, 0.717) is 10.9 Å². The fraction of sp³-hybridized carbons (Fsp3) is 0.565. The van der Waals surface area contributed by atoms with Crippen molar-refractivity contribution in [1.82, 2.24) is 20.1 Å². The van der Waals surface area contributed by atoms with E-state index in [9.17, 15) is 4.79 Å². The Hall–Kier alpha value is -1.89. The lowest BCUT2D eigenvalue weighted by Crippen LogP contribution is -2.47. The molecule has 1 aliphatic heterocycles. The number of benzene rings is 1. The molecule has 0 radical (unpaired) electrons. The molecule has 0 atom stereocenters. The van der Waals surface area contributed by atoms with Gasteiger partial charge in [0.15, 0.2) is 0 Å². The molecule has 0 bridgehead atoms. The maximum absolute atomic E-state index is 11.6. The molecule has 2 heterocycles. The van der Waals surface area contributed by atoms with Gasteiger partial charge < -0.3 is 20.4 Å². The molecular weight excluding hydrogens is 398 g/mol. The van der Waals surface area contributed by atoms with Crippen molar-refractivity contribution < 1.29 is 4.79 Å². The van der Waals surface area contributed by atoms with Gasteiger partial charge >= 0.3 is 0 Å². The van der Waals surface area contributed by atoms with E-state index in [2.05, 4.69) is 25.4 Å². The number of anilines is 1. The van der Waals surface area contributed by atoms with Crippen LogP contribution in [0.15, 0.2) is 30.5 Å². The minimum Gasteiger partial charge on any atom is -0.384 e. The molecule has 1 aromatic heterocycles. The number of hydrogen-bond donors (Lipinski definition) is 2. The van der Waals surface area contributed by atoms with E-state index in [1.807, 2.05) is 30.5 Å². The van der Waals surface area contributed by atoms with Gasteiger partial charge in [-0.3, -0.25) is 9.78 Å². The molecule has 1 saturated heterocycles. The highest BCUT2D eigenvalue weighted by atomic mass is 35.5. The molecule has 6 nitrogen and oxygen atoms in total. The van der Waals surface area contributed by atoms with Gasteiger partial charge in [-0.15, -0.1) is 0 Å². The van der Waals surface area contributed by atoms with Gasteiger partial charge in [0.25, 0.3) is 0 Å². The number of halogens is 1. The first-order valence-corrected chi connectivity index (χ1v) is 11.6. The van der Waals surface area contributed by atoms with Gasteiger partial charge in [-0.2, -0.15) is 0 Å². The topological polar surface area (TPSA) is 60.5 Å². The second-order valence-corrected chi connectivity index (χ2v) is 8.84. The zero-order valence-electron chi connectivity index (χ0n) is 17.6. The van der Waals surface area contributed by atoms with E-state index in [-0.39, 0.29) is 5.91 Å². The fourth-order valence-corrected chi connectivity index (χ4v) is 4.21. The lowest BCUT2D eigenvalue weighted by Gasteiger charge is -2.34. The maximum atomic E-state index is 11.6. The molecule has 30 heavy (non-hydrogen) atoms. The van der Waals surface area contributed by atoms with Crippen molar-refractivity contribution in [2.45, 2.75) is 25.7 Å². The normalized spacial score (nSPS) is 17.9. The van der Waals surface area contributed by atoms with Crippen LogP contribution in [0.4, 0.5) is 5.69 Å². The zero-order valence-corrected chi connectivity index (χ0v) is 18.3. The monoisotopic (exact) mass is 429 g/mol. The Balaban J connectivity index is 1.09. The molecular formula is C23H32ClN5O. The number of nitrogens with one attached hydrogen (secondary N) is 2. The molecule has 1 aliphatic carbocycles. The molecule has 1 amide bonds. The Bertz CT molecular complexity index is 849. The number of carbonyl (C=O) groups excluding carboxylic acids is 1. The molecule has 2 aliphatic rings. The van der Waals surface area contributed by atoms with Crippen molar-refractivity contribution in [2.75, 3.05) is 57.7 Å². The van der Waals surface area contributed by atoms with Gasteiger partial charge in [0.05, 0.1) is 5.52 Å². The van der Waals surface area contributed by atoms with Crippen molar-refractivity contribution in [1.29, 1.82) is 0 Å². The third-order valence-electron chi connectivity index (χ3n) is 6.03. The average Bonchev–Trinajstić information content (AvgIpc) is 3.60. The third-order valence-corrected chi connectivity index (χ3v) is 6.27. The summed E-state index contributed by atoms with van der Waals surface area (Å²) in [6.07, 6.45) is 6.16. The minimum absolute atomic E-state index is 0.261. The Morgan fingerprint density at radius 2 is 1.73 bits per heavy atom. The molecule has 0 spiro atoms. The number of hydrogen-bond acceptors (Lipinski definition) is 5. The largest absolute Gasteiger partial charge is 0.384 e. The van der Waals surface area contributed by atoms with Crippen LogP contribution in [0.2, 0.25) is 5.02 Å². The van der Waals surface area contributed by atoms with E-state index < -0.39 is 0 Å². The van der Waals surface area contributed by atoms with Crippen LogP contribution >= 0.6 is 11.6 Å². The summed E-state index contributed by atoms with van der Waals surface area (Å²) in [4.78, 5) is 21.1. The van der Waals surface area contributed by atoms with Crippen molar-refractivity contribution >= 4 is 34.1 Å². The first-order valence-electron chi connectivity index (χ1n) is 11.2. The van der Waals surface area contributed by atoms with Crippen LogP contribution in [0.5, 0.6) is 0 Å². The molecule has 1 saturated carbocycles. The third kappa shape index (κ3) is 6.06. The van der Waals surface area contributed by atoms with Crippen molar-refractivity contribution in [3.05, 3.63) is 35.5 Å².